The van der Waals surface area contributed by atoms with Crippen LogP contribution in [0.25, 0.3) is 27.5 Å². The zero-order valence-electron chi connectivity index (χ0n) is 19.7. The Kier molecular flexibility index (Phi) is 6.47. The second kappa shape index (κ2) is 9.86. The van der Waals surface area contributed by atoms with Crippen molar-refractivity contribution in [3.8, 4) is 27.5 Å². The minimum Gasteiger partial charge on any atom is -0.449 e. The number of amides is 2. The summed E-state index contributed by atoms with van der Waals surface area (Å²) in [5.74, 6) is -0.775. The quantitative estimate of drug-likeness (QED) is 0.371. The lowest BCUT2D eigenvalue weighted by Crippen LogP contribution is -2.14. The van der Waals surface area contributed by atoms with Crippen molar-refractivity contribution in [2.24, 2.45) is 0 Å². The predicted octanol–water partition coefficient (Wildman–Crippen LogP) is 5.21. The normalized spacial score (nSPS) is 12.0. The summed E-state index contributed by atoms with van der Waals surface area (Å²) >= 11 is 1.33. The summed E-state index contributed by atoms with van der Waals surface area (Å²) in [7, 11) is 0. The SMILES string of the molecule is CCCOC(=O)Nc1ccc(-n2nc(-c3cccnc3)c3c2-c2sc(NC(C)=O)nc2CC3)c(F)c1. The number of pyridine rings is 1. The van der Waals surface area contributed by atoms with E-state index in [9.17, 15) is 9.59 Å². The molecule has 1 aliphatic rings. The molecule has 11 heteroatoms. The molecule has 0 fully saturated rings. The molecule has 0 saturated heterocycles. The molecular weight excluding hydrogens is 483 g/mol. The van der Waals surface area contributed by atoms with Gasteiger partial charge in [0.2, 0.25) is 5.91 Å². The van der Waals surface area contributed by atoms with Crippen molar-refractivity contribution in [2.45, 2.75) is 33.1 Å². The number of hydrogen-bond acceptors (Lipinski definition) is 7. The van der Waals surface area contributed by atoms with Gasteiger partial charge < -0.3 is 10.1 Å². The first-order valence-corrected chi connectivity index (χ1v) is 12.3. The van der Waals surface area contributed by atoms with Gasteiger partial charge in [0, 0.05) is 36.1 Å². The van der Waals surface area contributed by atoms with E-state index in [1.54, 1.807) is 29.2 Å². The second-order valence-corrected chi connectivity index (χ2v) is 9.23. The van der Waals surface area contributed by atoms with Crippen LogP contribution in [0.5, 0.6) is 0 Å². The van der Waals surface area contributed by atoms with Crippen LogP contribution in [0.15, 0.2) is 42.7 Å². The number of benzene rings is 1. The van der Waals surface area contributed by atoms with Gasteiger partial charge >= 0.3 is 6.09 Å². The molecule has 2 N–H and O–H groups in total. The zero-order chi connectivity index (χ0) is 25.2. The fraction of sp³-hybridized carbons (Fsp3) is 0.240. The van der Waals surface area contributed by atoms with Gasteiger partial charge in [0.15, 0.2) is 10.9 Å². The summed E-state index contributed by atoms with van der Waals surface area (Å²) in [5, 5.41) is 10.6. The van der Waals surface area contributed by atoms with Crippen LogP contribution in [0.2, 0.25) is 0 Å². The highest BCUT2D eigenvalue weighted by atomic mass is 32.1. The van der Waals surface area contributed by atoms with E-state index in [2.05, 4.69) is 20.6 Å². The Morgan fingerprint density at radius 3 is 2.81 bits per heavy atom. The van der Waals surface area contributed by atoms with Crippen LogP contribution in [0.1, 0.15) is 31.5 Å². The van der Waals surface area contributed by atoms with Gasteiger partial charge in [0.1, 0.15) is 5.69 Å². The van der Waals surface area contributed by atoms with Crippen LogP contribution in [-0.4, -0.2) is 38.4 Å². The number of nitrogens with zero attached hydrogens (tertiary/aromatic N) is 4. The van der Waals surface area contributed by atoms with E-state index in [0.29, 0.717) is 30.1 Å². The molecule has 0 atom stereocenters. The first-order chi connectivity index (χ1) is 17.4. The van der Waals surface area contributed by atoms with Gasteiger partial charge in [-0.15, -0.1) is 0 Å². The van der Waals surface area contributed by atoms with Crippen LogP contribution in [-0.2, 0) is 22.4 Å². The van der Waals surface area contributed by atoms with Crippen LogP contribution >= 0.6 is 11.3 Å². The van der Waals surface area contributed by atoms with E-state index < -0.39 is 11.9 Å². The van der Waals surface area contributed by atoms with Crippen LogP contribution in [0.3, 0.4) is 0 Å². The fourth-order valence-corrected chi connectivity index (χ4v) is 5.20. The lowest BCUT2D eigenvalue weighted by atomic mass is 9.95. The topological polar surface area (TPSA) is 111 Å². The number of carbonyl (C=O) groups is 2. The first-order valence-electron chi connectivity index (χ1n) is 11.5. The minimum atomic E-state index is -0.640. The molecule has 184 valence electrons. The highest BCUT2D eigenvalue weighted by Gasteiger charge is 2.30. The molecule has 0 bridgehead atoms. The molecule has 0 spiro atoms. The number of nitrogens with one attached hydrogen (secondary N) is 2. The molecule has 3 heterocycles. The third kappa shape index (κ3) is 4.57. The van der Waals surface area contributed by atoms with Gasteiger partial charge in [-0.3, -0.25) is 15.1 Å². The Bertz CT molecular complexity index is 1450. The van der Waals surface area contributed by atoms with E-state index in [0.717, 1.165) is 27.4 Å². The van der Waals surface area contributed by atoms with Gasteiger partial charge in [0.05, 0.1) is 28.6 Å². The molecule has 0 saturated carbocycles. The van der Waals surface area contributed by atoms with E-state index >= 15 is 4.39 Å². The van der Waals surface area contributed by atoms with Crippen molar-refractivity contribution in [3.63, 3.8) is 0 Å². The third-order valence-corrected chi connectivity index (χ3v) is 6.61. The number of thiazole rings is 1. The average Bonchev–Trinajstić information content (AvgIpc) is 3.44. The van der Waals surface area contributed by atoms with E-state index in [1.807, 2.05) is 19.1 Å². The molecule has 0 aliphatic heterocycles. The number of rotatable bonds is 6. The Hall–Kier alpha value is -4.12. The number of hydrogen-bond donors (Lipinski definition) is 2. The maximum atomic E-state index is 15.4. The molecule has 3 aromatic heterocycles. The monoisotopic (exact) mass is 506 g/mol. The van der Waals surface area contributed by atoms with Crippen LogP contribution in [0.4, 0.5) is 20.0 Å². The van der Waals surface area contributed by atoms with Gasteiger partial charge in [-0.25, -0.2) is 18.9 Å². The minimum absolute atomic E-state index is 0.211. The van der Waals surface area contributed by atoms with Gasteiger partial charge in [-0.2, -0.15) is 5.10 Å². The second-order valence-electron chi connectivity index (χ2n) is 8.23. The van der Waals surface area contributed by atoms with E-state index in [4.69, 9.17) is 9.84 Å². The van der Waals surface area contributed by atoms with Crippen LogP contribution < -0.4 is 10.6 Å². The molecule has 1 aliphatic carbocycles. The number of halogens is 1. The molecule has 0 unspecified atom stereocenters. The highest BCUT2D eigenvalue weighted by Crippen LogP contribution is 2.44. The molecule has 4 aromatic rings. The number of anilines is 2. The van der Waals surface area contributed by atoms with Gasteiger partial charge in [0.25, 0.3) is 0 Å². The molecule has 1 aromatic carbocycles. The van der Waals surface area contributed by atoms with Crippen molar-refractivity contribution in [1.29, 1.82) is 0 Å². The third-order valence-electron chi connectivity index (χ3n) is 5.59. The number of aryl methyl sites for hydroxylation is 1. The summed E-state index contributed by atoms with van der Waals surface area (Å²) in [5.41, 5.74) is 4.54. The Labute approximate surface area is 210 Å². The first kappa shape index (κ1) is 23.6. The summed E-state index contributed by atoms with van der Waals surface area (Å²) in [6.45, 7) is 3.60. The van der Waals surface area contributed by atoms with Gasteiger partial charge in [-0.1, -0.05) is 18.3 Å². The Morgan fingerprint density at radius 2 is 2.08 bits per heavy atom. The van der Waals surface area contributed by atoms with Crippen molar-refractivity contribution in [3.05, 3.63) is 59.8 Å². The maximum Gasteiger partial charge on any atom is 0.411 e. The van der Waals surface area contributed by atoms with Crippen molar-refractivity contribution < 1.29 is 18.7 Å². The summed E-state index contributed by atoms with van der Waals surface area (Å²) in [6, 6.07) is 8.14. The Balaban J connectivity index is 1.61. The van der Waals surface area contributed by atoms with Crippen LogP contribution in [0, 0.1) is 5.82 Å². The van der Waals surface area contributed by atoms with Gasteiger partial charge in [-0.05, 0) is 49.6 Å². The predicted molar refractivity (Wildman–Crippen MR) is 135 cm³/mol. The summed E-state index contributed by atoms with van der Waals surface area (Å²) in [6.07, 6.45) is 4.78. The van der Waals surface area contributed by atoms with E-state index in [-0.39, 0.29) is 23.9 Å². The largest absolute Gasteiger partial charge is 0.449 e. The highest BCUT2D eigenvalue weighted by molar-refractivity contribution is 7.19. The average molecular weight is 507 g/mol. The zero-order valence-corrected chi connectivity index (χ0v) is 20.5. The Morgan fingerprint density at radius 1 is 1.22 bits per heavy atom. The van der Waals surface area contributed by atoms with E-state index in [1.165, 1.54) is 24.3 Å². The number of fused-ring (bicyclic) bond motifs is 3. The van der Waals surface area contributed by atoms with Crippen molar-refractivity contribution >= 4 is 34.2 Å². The molecular formula is C25H23FN6O3S. The molecule has 5 rings (SSSR count). The summed E-state index contributed by atoms with van der Waals surface area (Å²) < 4.78 is 22.0. The number of ether oxygens (including phenoxy) is 1. The lowest BCUT2D eigenvalue weighted by molar-refractivity contribution is -0.114. The number of carbonyl (C=O) groups excluding carboxylic acids is 2. The molecule has 2 amide bonds. The maximum absolute atomic E-state index is 15.4. The fourth-order valence-electron chi connectivity index (χ4n) is 4.09. The lowest BCUT2D eigenvalue weighted by Gasteiger charge is -2.15. The summed E-state index contributed by atoms with van der Waals surface area (Å²) in [4.78, 5) is 33.1. The number of aromatic nitrogens is 4. The standard InChI is InChI=1S/C25H23FN6O3S/c1-3-11-35-25(34)29-16-6-9-20(18(26)12-16)32-22-17(21(31-32)15-5-4-10-27-13-15)7-8-19-23(22)36-24(30-19)28-14(2)33/h4-6,9-10,12-13H,3,7-8,11H2,1-2H3,(H,29,34)(H,28,30,33). The molecule has 36 heavy (non-hydrogen) atoms. The molecule has 0 radical (unpaired) electrons. The molecule has 9 nitrogen and oxygen atoms in total. The smallest absolute Gasteiger partial charge is 0.411 e. The van der Waals surface area contributed by atoms with Crippen molar-refractivity contribution in [2.75, 3.05) is 17.2 Å². The van der Waals surface area contributed by atoms with Crippen molar-refractivity contribution in [1.82, 2.24) is 19.7 Å².